The number of carbonyl (C=O) groups excluding carboxylic acids is 1. The Balaban J connectivity index is 1.62. The maximum atomic E-state index is 13.9. The van der Waals surface area contributed by atoms with Crippen LogP contribution < -0.4 is 4.90 Å². The van der Waals surface area contributed by atoms with Gasteiger partial charge in [-0.15, -0.1) is 0 Å². The first-order valence-electron chi connectivity index (χ1n) is 8.13. The summed E-state index contributed by atoms with van der Waals surface area (Å²) in [6, 6.07) is 6.71. The minimum atomic E-state index is -0.233. The molecule has 1 aromatic heterocycles. The summed E-state index contributed by atoms with van der Waals surface area (Å²) in [7, 11) is 1.76. The van der Waals surface area contributed by atoms with Crippen molar-refractivity contribution in [3.05, 3.63) is 52.6 Å². The van der Waals surface area contributed by atoms with Crippen LogP contribution in [0.1, 0.15) is 11.3 Å². The van der Waals surface area contributed by atoms with Gasteiger partial charge in [-0.05, 0) is 25.1 Å². The number of aryl methyl sites for hydroxylation is 2. The van der Waals surface area contributed by atoms with Crippen LogP contribution in [0, 0.1) is 12.7 Å². The van der Waals surface area contributed by atoms with Crippen molar-refractivity contribution in [3.63, 3.8) is 0 Å². The summed E-state index contributed by atoms with van der Waals surface area (Å²) < 4.78 is 15.4. The summed E-state index contributed by atoms with van der Waals surface area (Å²) in [4.78, 5) is 16.1. The normalized spacial score (nSPS) is 15.2. The lowest BCUT2D eigenvalue weighted by Crippen LogP contribution is -2.48. The number of para-hydroxylation sites is 1. The van der Waals surface area contributed by atoms with Crippen molar-refractivity contribution in [1.29, 1.82) is 0 Å². The zero-order valence-corrected chi connectivity index (χ0v) is 15.0. The molecule has 5 nitrogen and oxygen atoms in total. The van der Waals surface area contributed by atoms with E-state index in [2.05, 4.69) is 5.10 Å². The minimum absolute atomic E-state index is 0.0764. The van der Waals surface area contributed by atoms with Gasteiger partial charge >= 0.3 is 0 Å². The van der Waals surface area contributed by atoms with E-state index in [1.807, 2.05) is 17.9 Å². The molecule has 3 rings (SSSR count). The van der Waals surface area contributed by atoms with Gasteiger partial charge in [-0.3, -0.25) is 9.48 Å². The van der Waals surface area contributed by atoms with E-state index in [9.17, 15) is 9.18 Å². The highest BCUT2D eigenvalue weighted by atomic mass is 35.5. The third-order valence-electron chi connectivity index (χ3n) is 4.37. The van der Waals surface area contributed by atoms with Gasteiger partial charge in [-0.2, -0.15) is 5.10 Å². The van der Waals surface area contributed by atoms with Crippen LogP contribution in [0.3, 0.4) is 0 Å². The largest absolute Gasteiger partial charge is 0.366 e. The Kier molecular flexibility index (Phi) is 5.08. The maximum Gasteiger partial charge on any atom is 0.246 e. The van der Waals surface area contributed by atoms with Crippen molar-refractivity contribution in [2.75, 3.05) is 31.1 Å². The van der Waals surface area contributed by atoms with Gasteiger partial charge in [0, 0.05) is 44.9 Å². The van der Waals surface area contributed by atoms with Gasteiger partial charge < -0.3 is 9.80 Å². The molecular formula is C18H20ClFN4O. The minimum Gasteiger partial charge on any atom is -0.366 e. The van der Waals surface area contributed by atoms with E-state index >= 15 is 0 Å². The first-order valence-corrected chi connectivity index (χ1v) is 8.50. The van der Waals surface area contributed by atoms with Crippen molar-refractivity contribution in [1.82, 2.24) is 14.7 Å². The first kappa shape index (κ1) is 17.5. The molecule has 0 aliphatic carbocycles. The molecule has 2 heterocycles. The number of carbonyl (C=O) groups is 1. The second-order valence-corrected chi connectivity index (χ2v) is 6.37. The Morgan fingerprint density at radius 3 is 2.52 bits per heavy atom. The topological polar surface area (TPSA) is 41.4 Å². The van der Waals surface area contributed by atoms with Crippen LogP contribution in [-0.4, -0.2) is 46.8 Å². The summed E-state index contributed by atoms with van der Waals surface area (Å²) >= 11 is 6.17. The predicted molar refractivity (Wildman–Crippen MR) is 97.2 cm³/mol. The molecule has 1 aliphatic heterocycles. The van der Waals surface area contributed by atoms with Gasteiger partial charge in [-0.1, -0.05) is 23.7 Å². The zero-order chi connectivity index (χ0) is 18.0. The lowest BCUT2D eigenvalue weighted by molar-refractivity contribution is -0.126. The molecule has 1 fully saturated rings. The Labute approximate surface area is 151 Å². The fourth-order valence-corrected chi connectivity index (χ4v) is 3.21. The molecule has 0 N–H and O–H groups in total. The van der Waals surface area contributed by atoms with Gasteiger partial charge in [0.05, 0.1) is 11.4 Å². The summed E-state index contributed by atoms with van der Waals surface area (Å²) in [5.74, 6) is -0.309. The maximum absolute atomic E-state index is 13.9. The Bertz CT molecular complexity index is 809. The number of halogens is 2. The average molecular weight is 363 g/mol. The van der Waals surface area contributed by atoms with Gasteiger partial charge in [0.2, 0.25) is 5.91 Å². The number of amides is 1. The highest BCUT2D eigenvalue weighted by molar-refractivity contribution is 6.31. The molecule has 1 saturated heterocycles. The summed E-state index contributed by atoms with van der Waals surface area (Å²) in [5, 5.41) is 4.72. The Hall–Kier alpha value is -2.34. The molecule has 25 heavy (non-hydrogen) atoms. The van der Waals surface area contributed by atoms with Gasteiger partial charge in [0.1, 0.15) is 11.0 Å². The summed E-state index contributed by atoms with van der Waals surface area (Å²) in [6.45, 7) is 4.16. The second kappa shape index (κ2) is 7.27. The van der Waals surface area contributed by atoms with E-state index in [4.69, 9.17) is 11.6 Å². The quantitative estimate of drug-likeness (QED) is 0.788. The Morgan fingerprint density at radius 1 is 1.24 bits per heavy atom. The SMILES string of the molecule is Cc1nn(C)c(Cl)c1/C=C/C(=O)N1CCN(c2ccccc2F)CC1. The molecule has 1 aromatic carbocycles. The van der Waals surface area contributed by atoms with Crippen molar-refractivity contribution in [3.8, 4) is 0 Å². The van der Waals surface area contributed by atoms with Crippen LogP contribution in [0.5, 0.6) is 0 Å². The van der Waals surface area contributed by atoms with E-state index in [-0.39, 0.29) is 11.7 Å². The number of hydrogen-bond acceptors (Lipinski definition) is 3. The van der Waals surface area contributed by atoms with Crippen LogP contribution in [-0.2, 0) is 11.8 Å². The van der Waals surface area contributed by atoms with E-state index < -0.39 is 0 Å². The zero-order valence-electron chi connectivity index (χ0n) is 14.2. The molecule has 0 radical (unpaired) electrons. The first-order chi connectivity index (χ1) is 12.0. The van der Waals surface area contributed by atoms with E-state index in [0.29, 0.717) is 37.0 Å². The molecule has 7 heteroatoms. The molecule has 0 atom stereocenters. The third-order valence-corrected chi connectivity index (χ3v) is 4.82. The van der Waals surface area contributed by atoms with E-state index in [0.717, 1.165) is 11.3 Å². The van der Waals surface area contributed by atoms with Crippen LogP contribution in [0.2, 0.25) is 5.15 Å². The molecule has 1 aliphatic rings. The van der Waals surface area contributed by atoms with Crippen molar-refractivity contribution in [2.24, 2.45) is 7.05 Å². The number of anilines is 1. The van der Waals surface area contributed by atoms with Gasteiger partial charge in [0.25, 0.3) is 0 Å². The molecule has 0 saturated carbocycles. The number of nitrogens with zero attached hydrogens (tertiary/aromatic N) is 4. The predicted octanol–water partition coefficient (Wildman–Crippen LogP) is 2.88. The van der Waals surface area contributed by atoms with Gasteiger partial charge in [0.15, 0.2) is 0 Å². The number of piperazine rings is 1. The van der Waals surface area contributed by atoms with Crippen LogP contribution in [0.4, 0.5) is 10.1 Å². The lowest BCUT2D eigenvalue weighted by atomic mass is 10.2. The van der Waals surface area contributed by atoms with Crippen molar-refractivity contribution in [2.45, 2.75) is 6.92 Å². The van der Waals surface area contributed by atoms with Crippen LogP contribution in [0.15, 0.2) is 30.3 Å². The smallest absolute Gasteiger partial charge is 0.246 e. The second-order valence-electron chi connectivity index (χ2n) is 6.01. The van der Waals surface area contributed by atoms with E-state index in [1.54, 1.807) is 34.8 Å². The average Bonchev–Trinajstić information content (AvgIpc) is 2.85. The molecule has 2 aromatic rings. The molecule has 1 amide bonds. The van der Waals surface area contributed by atoms with Crippen molar-refractivity contribution < 1.29 is 9.18 Å². The number of rotatable bonds is 3. The van der Waals surface area contributed by atoms with Crippen LogP contribution >= 0.6 is 11.6 Å². The highest BCUT2D eigenvalue weighted by Gasteiger charge is 2.21. The molecule has 0 spiro atoms. The highest BCUT2D eigenvalue weighted by Crippen LogP contribution is 2.21. The monoisotopic (exact) mass is 362 g/mol. The number of aromatic nitrogens is 2. The molecule has 0 bridgehead atoms. The van der Waals surface area contributed by atoms with Crippen LogP contribution in [0.25, 0.3) is 6.08 Å². The molecular weight excluding hydrogens is 343 g/mol. The standard InChI is InChI=1S/C18H20ClFN4O/c1-13-14(18(19)22(2)21-13)7-8-17(25)24-11-9-23(10-12-24)16-6-4-3-5-15(16)20/h3-8H,9-12H2,1-2H3/b8-7+. The fourth-order valence-electron chi connectivity index (χ4n) is 2.97. The third kappa shape index (κ3) is 3.69. The number of benzene rings is 1. The summed E-state index contributed by atoms with van der Waals surface area (Å²) in [5.41, 5.74) is 2.12. The lowest BCUT2D eigenvalue weighted by Gasteiger charge is -2.35. The Morgan fingerprint density at radius 2 is 1.92 bits per heavy atom. The molecule has 132 valence electrons. The number of hydrogen-bond donors (Lipinski definition) is 0. The fraction of sp³-hybridized carbons (Fsp3) is 0.333. The van der Waals surface area contributed by atoms with Crippen molar-refractivity contribution >= 4 is 29.3 Å². The van der Waals surface area contributed by atoms with Gasteiger partial charge in [-0.25, -0.2) is 4.39 Å². The van der Waals surface area contributed by atoms with E-state index in [1.165, 1.54) is 12.1 Å². The summed E-state index contributed by atoms with van der Waals surface area (Å²) in [6.07, 6.45) is 3.23. The molecule has 0 unspecified atom stereocenters.